The Morgan fingerprint density at radius 3 is 2.59 bits per heavy atom. The van der Waals surface area contributed by atoms with Crippen molar-refractivity contribution in [3.05, 3.63) is 54.5 Å². The predicted octanol–water partition coefficient (Wildman–Crippen LogP) is 3.17. The molecular formula is C21H25N5O. The summed E-state index contributed by atoms with van der Waals surface area (Å²) in [7, 11) is 2.10. The minimum absolute atomic E-state index is 0.00474. The van der Waals surface area contributed by atoms with Crippen molar-refractivity contribution in [1.82, 2.24) is 19.4 Å². The van der Waals surface area contributed by atoms with Crippen LogP contribution in [0.4, 0.5) is 5.82 Å². The predicted molar refractivity (Wildman–Crippen MR) is 107 cm³/mol. The topological polar surface area (TPSA) is 63.1 Å². The van der Waals surface area contributed by atoms with E-state index in [1.807, 2.05) is 31.2 Å². The molecule has 2 aromatic heterocycles. The molecule has 1 N–H and O–H groups in total. The maximum absolute atomic E-state index is 12.5. The Bertz CT molecular complexity index is 928. The highest BCUT2D eigenvalue weighted by atomic mass is 16.2. The third kappa shape index (κ3) is 3.57. The number of nitrogens with zero attached hydrogens (tertiary/aromatic N) is 4. The fourth-order valence-corrected chi connectivity index (χ4v) is 3.91. The molecule has 1 saturated heterocycles. The number of hydrogen-bond donors (Lipinski definition) is 1. The van der Waals surface area contributed by atoms with Crippen LogP contribution in [0.1, 0.15) is 31.5 Å². The van der Waals surface area contributed by atoms with E-state index in [1.165, 1.54) is 5.52 Å². The normalized spacial score (nSPS) is 17.1. The van der Waals surface area contributed by atoms with Gasteiger partial charge < -0.3 is 9.88 Å². The van der Waals surface area contributed by atoms with Crippen molar-refractivity contribution in [1.29, 1.82) is 0 Å². The van der Waals surface area contributed by atoms with Crippen LogP contribution >= 0.6 is 0 Å². The number of pyridine rings is 1. The Hall–Kier alpha value is -2.73. The number of amides is 1. The van der Waals surface area contributed by atoms with Crippen LogP contribution in [0.3, 0.4) is 0 Å². The molecule has 6 heteroatoms. The van der Waals surface area contributed by atoms with Crippen molar-refractivity contribution in [2.45, 2.75) is 31.7 Å². The van der Waals surface area contributed by atoms with E-state index in [-0.39, 0.29) is 11.9 Å². The summed E-state index contributed by atoms with van der Waals surface area (Å²) in [5, 5.41) is 2.90. The molecule has 1 aromatic carbocycles. The smallest absolute Gasteiger partial charge is 0.242 e. The van der Waals surface area contributed by atoms with Gasteiger partial charge in [0.2, 0.25) is 5.91 Å². The molecule has 1 atom stereocenters. The summed E-state index contributed by atoms with van der Waals surface area (Å²) < 4.78 is 2.22. The first-order valence-corrected chi connectivity index (χ1v) is 9.51. The lowest BCUT2D eigenvalue weighted by molar-refractivity contribution is -0.121. The number of imidazole rings is 1. The molecule has 3 heterocycles. The van der Waals surface area contributed by atoms with Crippen LogP contribution in [0.5, 0.6) is 0 Å². The molecule has 1 amide bonds. The van der Waals surface area contributed by atoms with Crippen molar-refractivity contribution < 1.29 is 4.79 Å². The number of hydrogen-bond acceptors (Lipinski definition) is 4. The quantitative estimate of drug-likeness (QED) is 0.773. The van der Waals surface area contributed by atoms with Crippen LogP contribution in [-0.2, 0) is 11.8 Å². The van der Waals surface area contributed by atoms with E-state index in [2.05, 4.69) is 45.0 Å². The number of likely N-dealkylation sites (tertiary alicyclic amines) is 1. The molecule has 1 unspecified atom stereocenters. The second-order valence-corrected chi connectivity index (χ2v) is 7.21. The van der Waals surface area contributed by atoms with E-state index in [9.17, 15) is 4.79 Å². The minimum atomic E-state index is -0.173. The number of carbonyl (C=O) groups is 1. The number of carbonyl (C=O) groups excluding carboxylic acids is 1. The van der Waals surface area contributed by atoms with E-state index in [4.69, 9.17) is 4.98 Å². The van der Waals surface area contributed by atoms with Crippen molar-refractivity contribution in [3.8, 4) is 0 Å². The lowest BCUT2D eigenvalue weighted by Gasteiger charge is -2.35. The number of benzene rings is 1. The molecule has 0 spiro atoms. The Morgan fingerprint density at radius 2 is 1.89 bits per heavy atom. The second kappa shape index (κ2) is 7.48. The van der Waals surface area contributed by atoms with Gasteiger partial charge in [0.05, 0.1) is 17.1 Å². The summed E-state index contributed by atoms with van der Waals surface area (Å²) in [5.74, 6) is 2.19. The van der Waals surface area contributed by atoms with Crippen LogP contribution in [0.15, 0.2) is 48.7 Å². The highest BCUT2D eigenvalue weighted by molar-refractivity contribution is 5.93. The van der Waals surface area contributed by atoms with Gasteiger partial charge in [-0.15, -0.1) is 0 Å². The zero-order valence-corrected chi connectivity index (χ0v) is 15.8. The number of piperidine rings is 1. The Morgan fingerprint density at radius 1 is 1.15 bits per heavy atom. The second-order valence-electron chi connectivity index (χ2n) is 7.21. The third-order valence-corrected chi connectivity index (χ3v) is 5.56. The van der Waals surface area contributed by atoms with Crippen LogP contribution in [0.25, 0.3) is 11.0 Å². The zero-order valence-electron chi connectivity index (χ0n) is 15.8. The molecule has 27 heavy (non-hydrogen) atoms. The molecule has 140 valence electrons. The lowest BCUT2D eigenvalue weighted by Crippen LogP contribution is -2.46. The largest absolute Gasteiger partial charge is 0.331 e. The minimum Gasteiger partial charge on any atom is -0.331 e. The van der Waals surface area contributed by atoms with Crippen molar-refractivity contribution in [3.63, 3.8) is 0 Å². The number of aromatic nitrogens is 3. The first-order valence-electron chi connectivity index (χ1n) is 9.51. The third-order valence-electron chi connectivity index (χ3n) is 5.56. The van der Waals surface area contributed by atoms with E-state index < -0.39 is 0 Å². The van der Waals surface area contributed by atoms with Crippen LogP contribution in [-0.4, -0.2) is 44.5 Å². The van der Waals surface area contributed by atoms with E-state index in [1.54, 1.807) is 6.20 Å². The molecule has 1 fully saturated rings. The van der Waals surface area contributed by atoms with Gasteiger partial charge in [-0.05, 0) is 57.1 Å². The van der Waals surface area contributed by atoms with Crippen molar-refractivity contribution in [2.24, 2.45) is 7.05 Å². The average molecular weight is 363 g/mol. The Labute approximate surface area is 159 Å². The van der Waals surface area contributed by atoms with Crippen molar-refractivity contribution >= 4 is 22.8 Å². The van der Waals surface area contributed by atoms with Gasteiger partial charge in [0.25, 0.3) is 0 Å². The van der Waals surface area contributed by atoms with E-state index >= 15 is 0 Å². The molecule has 1 aliphatic heterocycles. The Balaban J connectivity index is 1.39. The van der Waals surface area contributed by atoms with Crippen LogP contribution < -0.4 is 5.32 Å². The number of rotatable bonds is 4. The van der Waals surface area contributed by atoms with Gasteiger partial charge >= 0.3 is 0 Å². The monoisotopic (exact) mass is 363 g/mol. The highest BCUT2D eigenvalue weighted by Crippen LogP contribution is 2.30. The van der Waals surface area contributed by atoms with E-state index in [0.29, 0.717) is 11.7 Å². The summed E-state index contributed by atoms with van der Waals surface area (Å²) in [6.45, 7) is 3.75. The number of aryl methyl sites for hydroxylation is 1. The van der Waals surface area contributed by atoms with Gasteiger partial charge in [0, 0.05) is 19.2 Å². The molecule has 0 bridgehead atoms. The summed E-state index contributed by atoms with van der Waals surface area (Å²) in [5.41, 5.74) is 2.23. The molecule has 6 nitrogen and oxygen atoms in total. The molecule has 4 rings (SSSR count). The molecule has 0 radical (unpaired) electrons. The van der Waals surface area contributed by atoms with Gasteiger partial charge in [-0.1, -0.05) is 18.2 Å². The fraction of sp³-hybridized carbons (Fsp3) is 0.381. The maximum Gasteiger partial charge on any atom is 0.242 e. The average Bonchev–Trinajstić information content (AvgIpc) is 3.05. The molecule has 1 aliphatic rings. The molecule has 0 aliphatic carbocycles. The van der Waals surface area contributed by atoms with Crippen molar-refractivity contribution in [2.75, 3.05) is 18.4 Å². The summed E-state index contributed by atoms with van der Waals surface area (Å²) in [6.07, 6.45) is 3.71. The van der Waals surface area contributed by atoms with Gasteiger partial charge in [0.15, 0.2) is 0 Å². The van der Waals surface area contributed by atoms with Crippen LogP contribution in [0.2, 0.25) is 0 Å². The Kier molecular flexibility index (Phi) is 4.90. The highest BCUT2D eigenvalue weighted by Gasteiger charge is 2.29. The summed E-state index contributed by atoms with van der Waals surface area (Å²) >= 11 is 0. The standard InChI is InChI=1S/C21H25N5O/c1-15(21(27)24-19-9-5-6-12-22-19)26-13-10-16(11-14-26)20-23-17-7-3-4-8-18(17)25(20)2/h3-9,12,15-16H,10-11,13-14H2,1-2H3,(H,22,24,27). The summed E-state index contributed by atoms with van der Waals surface area (Å²) in [4.78, 5) is 23.8. The maximum atomic E-state index is 12.5. The van der Waals surface area contributed by atoms with E-state index in [0.717, 1.165) is 37.3 Å². The molecule has 3 aromatic rings. The van der Waals surface area contributed by atoms with Gasteiger partial charge in [-0.2, -0.15) is 0 Å². The number of anilines is 1. The van der Waals surface area contributed by atoms with Gasteiger partial charge in [-0.25, -0.2) is 9.97 Å². The van der Waals surface area contributed by atoms with Gasteiger partial charge in [0.1, 0.15) is 11.6 Å². The fourth-order valence-electron chi connectivity index (χ4n) is 3.91. The molecule has 0 saturated carbocycles. The first-order chi connectivity index (χ1) is 13.1. The number of fused-ring (bicyclic) bond motifs is 1. The SMILES string of the molecule is CC(C(=O)Nc1ccccn1)N1CCC(c2nc3ccccc3n2C)CC1. The van der Waals surface area contributed by atoms with Crippen LogP contribution in [0, 0.1) is 0 Å². The molecular weight excluding hydrogens is 338 g/mol. The zero-order chi connectivity index (χ0) is 18.8. The number of para-hydroxylation sites is 2. The lowest BCUT2D eigenvalue weighted by atomic mass is 9.95. The summed E-state index contributed by atoms with van der Waals surface area (Å²) in [6, 6.07) is 13.6. The van der Waals surface area contributed by atoms with Gasteiger partial charge in [-0.3, -0.25) is 9.69 Å². The first kappa shape index (κ1) is 17.7. The number of nitrogens with one attached hydrogen (secondary N) is 1.